The van der Waals surface area contributed by atoms with Crippen LogP contribution < -0.4 is 0 Å². The Hall–Kier alpha value is -1.94. The number of hydrogen-bond donors (Lipinski definition) is 1. The van der Waals surface area contributed by atoms with E-state index in [2.05, 4.69) is 0 Å². The third-order valence-electron chi connectivity index (χ3n) is 3.23. The standard InChI is InChI=1S/C16H13ClF2O2/c17-15-9-14(19)6-3-11(15)8-12(16(20)21)7-10-1-4-13(18)5-2-10/h1-6,9,12H,7-8H2,(H,20,21). The zero-order valence-corrected chi connectivity index (χ0v) is 11.8. The Kier molecular flexibility index (Phi) is 4.91. The molecule has 5 heteroatoms. The Balaban J connectivity index is 2.15. The van der Waals surface area contributed by atoms with Crippen LogP contribution in [-0.4, -0.2) is 11.1 Å². The minimum Gasteiger partial charge on any atom is -0.481 e. The largest absolute Gasteiger partial charge is 0.481 e. The summed E-state index contributed by atoms with van der Waals surface area (Å²) >= 11 is 5.92. The van der Waals surface area contributed by atoms with Gasteiger partial charge in [-0.15, -0.1) is 0 Å². The fourth-order valence-electron chi connectivity index (χ4n) is 2.10. The molecule has 2 aromatic carbocycles. The van der Waals surface area contributed by atoms with Crippen LogP contribution in [0, 0.1) is 17.6 Å². The van der Waals surface area contributed by atoms with Crippen molar-refractivity contribution in [3.63, 3.8) is 0 Å². The number of benzene rings is 2. The lowest BCUT2D eigenvalue weighted by atomic mass is 9.92. The molecule has 2 aromatic rings. The first-order valence-electron chi connectivity index (χ1n) is 6.37. The van der Waals surface area contributed by atoms with Gasteiger partial charge in [0.25, 0.3) is 0 Å². The monoisotopic (exact) mass is 310 g/mol. The molecule has 0 amide bonds. The zero-order valence-electron chi connectivity index (χ0n) is 11.0. The van der Waals surface area contributed by atoms with Gasteiger partial charge in [0.05, 0.1) is 5.92 Å². The molecule has 21 heavy (non-hydrogen) atoms. The molecule has 0 bridgehead atoms. The molecule has 0 heterocycles. The SMILES string of the molecule is O=C(O)C(Cc1ccc(F)cc1)Cc1ccc(F)cc1Cl. The average molecular weight is 311 g/mol. The third kappa shape index (κ3) is 4.26. The van der Waals surface area contributed by atoms with E-state index in [1.54, 1.807) is 12.1 Å². The van der Waals surface area contributed by atoms with E-state index in [4.69, 9.17) is 11.6 Å². The molecule has 0 saturated carbocycles. The minimum atomic E-state index is -0.972. The molecule has 110 valence electrons. The van der Waals surface area contributed by atoms with Crippen LogP contribution in [0.2, 0.25) is 5.02 Å². The van der Waals surface area contributed by atoms with E-state index in [0.29, 0.717) is 5.56 Å². The van der Waals surface area contributed by atoms with Gasteiger partial charge in [0, 0.05) is 5.02 Å². The molecule has 0 radical (unpaired) electrons. The summed E-state index contributed by atoms with van der Waals surface area (Å²) in [5.74, 6) is -2.51. The van der Waals surface area contributed by atoms with Crippen molar-refractivity contribution in [1.82, 2.24) is 0 Å². The van der Waals surface area contributed by atoms with Crippen LogP contribution in [0.25, 0.3) is 0 Å². The van der Waals surface area contributed by atoms with Crippen molar-refractivity contribution < 1.29 is 18.7 Å². The van der Waals surface area contributed by atoms with Gasteiger partial charge in [-0.25, -0.2) is 8.78 Å². The molecule has 1 atom stereocenters. The number of carboxylic acid groups (broad SMARTS) is 1. The quantitative estimate of drug-likeness (QED) is 0.902. The summed E-state index contributed by atoms with van der Waals surface area (Å²) in [5, 5.41) is 9.51. The number of aliphatic carboxylic acids is 1. The molecule has 0 aliphatic rings. The molecule has 0 saturated heterocycles. The molecule has 0 fully saturated rings. The van der Waals surface area contributed by atoms with Gasteiger partial charge >= 0.3 is 5.97 Å². The first-order chi connectivity index (χ1) is 9.95. The number of halogens is 3. The van der Waals surface area contributed by atoms with Crippen LogP contribution in [0.3, 0.4) is 0 Å². The number of carbonyl (C=O) groups is 1. The van der Waals surface area contributed by atoms with Crippen molar-refractivity contribution in [2.75, 3.05) is 0 Å². The number of rotatable bonds is 5. The summed E-state index contributed by atoms with van der Waals surface area (Å²) in [6.07, 6.45) is 0.440. The lowest BCUT2D eigenvalue weighted by Crippen LogP contribution is -2.19. The molecule has 2 rings (SSSR count). The van der Waals surface area contributed by atoms with E-state index >= 15 is 0 Å². The summed E-state index contributed by atoms with van der Waals surface area (Å²) < 4.78 is 25.8. The van der Waals surface area contributed by atoms with E-state index in [0.717, 1.165) is 11.6 Å². The lowest BCUT2D eigenvalue weighted by molar-refractivity contribution is -0.141. The first kappa shape index (κ1) is 15.4. The van der Waals surface area contributed by atoms with Gasteiger partial charge in [-0.2, -0.15) is 0 Å². The van der Waals surface area contributed by atoms with E-state index in [9.17, 15) is 18.7 Å². The molecule has 0 aliphatic carbocycles. The van der Waals surface area contributed by atoms with Crippen LogP contribution >= 0.6 is 11.6 Å². The maximum atomic E-state index is 13.0. The van der Waals surface area contributed by atoms with Crippen LogP contribution in [0.1, 0.15) is 11.1 Å². The van der Waals surface area contributed by atoms with E-state index in [1.807, 2.05) is 0 Å². The highest BCUT2D eigenvalue weighted by Gasteiger charge is 2.20. The molecule has 0 aliphatic heterocycles. The van der Waals surface area contributed by atoms with Crippen molar-refractivity contribution >= 4 is 17.6 Å². The van der Waals surface area contributed by atoms with Crippen molar-refractivity contribution in [2.24, 2.45) is 5.92 Å². The van der Waals surface area contributed by atoms with Gasteiger partial charge in [0.1, 0.15) is 11.6 Å². The van der Waals surface area contributed by atoms with Gasteiger partial charge in [0.15, 0.2) is 0 Å². The predicted octanol–water partition coefficient (Wildman–Crippen LogP) is 4.10. The number of hydrogen-bond acceptors (Lipinski definition) is 1. The molecular weight excluding hydrogens is 298 g/mol. The molecule has 0 aromatic heterocycles. The topological polar surface area (TPSA) is 37.3 Å². The van der Waals surface area contributed by atoms with Crippen LogP contribution in [0.15, 0.2) is 42.5 Å². The second-order valence-electron chi connectivity index (χ2n) is 4.81. The lowest BCUT2D eigenvalue weighted by Gasteiger charge is -2.13. The first-order valence-corrected chi connectivity index (χ1v) is 6.74. The summed E-state index contributed by atoms with van der Waals surface area (Å²) in [6.45, 7) is 0. The Morgan fingerprint density at radius 3 is 2.24 bits per heavy atom. The summed E-state index contributed by atoms with van der Waals surface area (Å²) in [7, 11) is 0. The highest BCUT2D eigenvalue weighted by Crippen LogP contribution is 2.22. The van der Waals surface area contributed by atoms with Crippen molar-refractivity contribution in [1.29, 1.82) is 0 Å². The normalized spacial score (nSPS) is 12.1. The minimum absolute atomic E-state index is 0.186. The molecule has 2 nitrogen and oxygen atoms in total. The van der Waals surface area contributed by atoms with Crippen molar-refractivity contribution in [3.8, 4) is 0 Å². The average Bonchev–Trinajstić information content (AvgIpc) is 2.43. The van der Waals surface area contributed by atoms with Crippen LogP contribution in [0.4, 0.5) is 8.78 Å². The van der Waals surface area contributed by atoms with E-state index < -0.39 is 17.7 Å². The summed E-state index contributed by atoms with van der Waals surface area (Å²) in [4.78, 5) is 11.4. The Bertz CT molecular complexity index is 641. The van der Waals surface area contributed by atoms with Crippen molar-refractivity contribution in [3.05, 3.63) is 70.2 Å². The second-order valence-corrected chi connectivity index (χ2v) is 5.21. The smallest absolute Gasteiger partial charge is 0.307 e. The molecule has 1 N–H and O–H groups in total. The molecular formula is C16H13ClF2O2. The Morgan fingerprint density at radius 1 is 1.05 bits per heavy atom. The Morgan fingerprint density at radius 2 is 1.67 bits per heavy atom. The van der Waals surface area contributed by atoms with Crippen molar-refractivity contribution in [2.45, 2.75) is 12.8 Å². The summed E-state index contributed by atoms with van der Waals surface area (Å²) in [6, 6.07) is 9.58. The summed E-state index contributed by atoms with van der Waals surface area (Å²) in [5.41, 5.74) is 1.30. The maximum absolute atomic E-state index is 13.0. The van der Waals surface area contributed by atoms with Crippen LogP contribution in [0.5, 0.6) is 0 Å². The molecule has 1 unspecified atom stereocenters. The third-order valence-corrected chi connectivity index (χ3v) is 3.58. The zero-order chi connectivity index (χ0) is 15.4. The van der Waals surface area contributed by atoms with E-state index in [-0.39, 0.29) is 23.7 Å². The molecule has 0 spiro atoms. The van der Waals surface area contributed by atoms with Gasteiger partial charge < -0.3 is 5.11 Å². The highest BCUT2D eigenvalue weighted by molar-refractivity contribution is 6.31. The van der Waals surface area contributed by atoms with Gasteiger partial charge in [-0.1, -0.05) is 29.8 Å². The highest BCUT2D eigenvalue weighted by atomic mass is 35.5. The predicted molar refractivity (Wildman–Crippen MR) is 76.3 cm³/mol. The van der Waals surface area contributed by atoms with Gasteiger partial charge in [0.2, 0.25) is 0 Å². The van der Waals surface area contributed by atoms with Gasteiger partial charge in [-0.05, 0) is 48.2 Å². The second kappa shape index (κ2) is 6.68. The fourth-order valence-corrected chi connectivity index (χ4v) is 2.35. The van der Waals surface area contributed by atoms with Crippen LogP contribution in [-0.2, 0) is 17.6 Å². The Labute approximate surface area is 126 Å². The van der Waals surface area contributed by atoms with Gasteiger partial charge in [-0.3, -0.25) is 4.79 Å². The fraction of sp³-hybridized carbons (Fsp3) is 0.188. The van der Waals surface area contributed by atoms with E-state index in [1.165, 1.54) is 24.3 Å². The maximum Gasteiger partial charge on any atom is 0.307 e. The number of carboxylic acids is 1.